The summed E-state index contributed by atoms with van der Waals surface area (Å²) in [6.07, 6.45) is 7.12. The van der Waals surface area contributed by atoms with Crippen LogP contribution in [-0.2, 0) is 11.2 Å². The van der Waals surface area contributed by atoms with Gasteiger partial charge >= 0.3 is 6.03 Å². The van der Waals surface area contributed by atoms with E-state index in [9.17, 15) is 14.0 Å². The molecule has 1 aromatic carbocycles. The van der Waals surface area contributed by atoms with Crippen LogP contribution in [0, 0.1) is 17.7 Å². The maximum absolute atomic E-state index is 13.8. The van der Waals surface area contributed by atoms with Crippen molar-refractivity contribution in [3.63, 3.8) is 0 Å². The number of halogens is 1. The lowest BCUT2D eigenvalue weighted by Gasteiger charge is -2.57. The number of carbonyl (C=O) groups is 2. The fraction of sp³-hybridized carbons (Fsp3) is 0.667. The van der Waals surface area contributed by atoms with E-state index in [-0.39, 0.29) is 11.7 Å². The molecule has 0 aliphatic carbocycles. The van der Waals surface area contributed by atoms with Gasteiger partial charge in [0.2, 0.25) is 5.91 Å². The van der Waals surface area contributed by atoms with Crippen molar-refractivity contribution >= 4 is 11.9 Å². The van der Waals surface area contributed by atoms with Crippen molar-refractivity contribution in [3.8, 4) is 0 Å². The van der Waals surface area contributed by atoms with Gasteiger partial charge in [-0.1, -0.05) is 18.6 Å². The van der Waals surface area contributed by atoms with Gasteiger partial charge in [0.25, 0.3) is 0 Å². The Kier molecular flexibility index (Phi) is 5.63. The minimum atomic E-state index is -0.490. The van der Waals surface area contributed by atoms with Crippen molar-refractivity contribution in [3.05, 3.63) is 35.6 Å². The van der Waals surface area contributed by atoms with Crippen LogP contribution in [0.4, 0.5) is 9.18 Å². The highest BCUT2D eigenvalue weighted by atomic mass is 19.1. The van der Waals surface area contributed by atoms with Gasteiger partial charge in [0, 0.05) is 31.7 Å². The first-order valence-corrected chi connectivity index (χ1v) is 11.9. The number of benzene rings is 1. The second kappa shape index (κ2) is 8.41. The number of hydrogen-bond donors (Lipinski definition) is 1. The van der Waals surface area contributed by atoms with Gasteiger partial charge in [0.1, 0.15) is 11.9 Å². The molecule has 1 aromatic rings. The predicted molar refractivity (Wildman–Crippen MR) is 116 cm³/mol. The highest BCUT2D eigenvalue weighted by Crippen LogP contribution is 2.42. The van der Waals surface area contributed by atoms with Crippen molar-refractivity contribution in [1.82, 2.24) is 14.7 Å². The number of urea groups is 1. The molecule has 5 rings (SSSR count). The molecular formula is C24H33FN4O2. The molecule has 0 aromatic heterocycles. The molecule has 31 heavy (non-hydrogen) atoms. The fourth-order valence-corrected chi connectivity index (χ4v) is 6.77. The molecule has 4 heterocycles. The summed E-state index contributed by atoms with van der Waals surface area (Å²) in [5.41, 5.74) is 6.57. The monoisotopic (exact) mass is 428 g/mol. The zero-order valence-corrected chi connectivity index (χ0v) is 18.1. The Labute approximate surface area is 183 Å². The van der Waals surface area contributed by atoms with Crippen molar-refractivity contribution in [2.75, 3.05) is 26.2 Å². The Morgan fingerprint density at radius 1 is 1.06 bits per heavy atom. The van der Waals surface area contributed by atoms with E-state index in [1.54, 1.807) is 17.0 Å². The van der Waals surface area contributed by atoms with Crippen LogP contribution in [0.15, 0.2) is 24.3 Å². The van der Waals surface area contributed by atoms with Crippen LogP contribution < -0.4 is 5.73 Å². The fourth-order valence-electron chi connectivity index (χ4n) is 6.77. The Morgan fingerprint density at radius 3 is 2.71 bits per heavy atom. The molecule has 0 spiro atoms. The molecule has 5 atom stereocenters. The van der Waals surface area contributed by atoms with Crippen LogP contribution in [0.5, 0.6) is 0 Å². The Bertz CT molecular complexity index is 849. The molecule has 0 radical (unpaired) electrons. The number of nitrogens with two attached hydrogens (primary N) is 1. The molecule has 2 bridgehead atoms. The number of likely N-dealkylation sites (tertiary alicyclic amines) is 2. The molecule has 2 N–H and O–H groups in total. The number of hydrogen-bond acceptors (Lipinski definition) is 3. The normalized spacial score (nSPS) is 33.3. The van der Waals surface area contributed by atoms with Gasteiger partial charge in [0.05, 0.1) is 0 Å². The number of primary amides is 1. The van der Waals surface area contributed by atoms with E-state index in [0.29, 0.717) is 36.9 Å². The number of amides is 3. The van der Waals surface area contributed by atoms with Crippen molar-refractivity contribution in [2.24, 2.45) is 17.6 Å². The third kappa shape index (κ3) is 3.93. The molecular weight excluding hydrogens is 395 g/mol. The molecule has 7 heteroatoms. The van der Waals surface area contributed by atoms with Crippen LogP contribution in [0.3, 0.4) is 0 Å². The minimum Gasteiger partial charge on any atom is -0.351 e. The number of rotatable bonds is 3. The first-order chi connectivity index (χ1) is 15.0. The third-order valence-electron chi connectivity index (χ3n) is 8.09. The smallest absolute Gasteiger partial charge is 0.315 e. The van der Waals surface area contributed by atoms with Gasteiger partial charge < -0.3 is 15.5 Å². The van der Waals surface area contributed by atoms with Crippen LogP contribution in [0.2, 0.25) is 0 Å². The number of carbonyl (C=O) groups excluding carboxylic acids is 2. The molecule has 0 saturated carbocycles. The molecule has 3 amide bonds. The van der Waals surface area contributed by atoms with Crippen molar-refractivity contribution in [1.29, 1.82) is 0 Å². The first kappa shape index (κ1) is 20.7. The molecule has 4 aliphatic rings. The van der Waals surface area contributed by atoms with Gasteiger partial charge in [-0.2, -0.15) is 0 Å². The molecule has 4 aliphatic heterocycles. The van der Waals surface area contributed by atoms with Crippen molar-refractivity contribution in [2.45, 2.75) is 63.1 Å². The maximum atomic E-state index is 13.8. The topological polar surface area (TPSA) is 69.9 Å². The standard InChI is InChI=1S/C24H33FN4O2/c25-19-6-3-5-16(11-19)12-22-18-13-17(20-7-1-2-9-28(20)22)14-27(15-18)23(30)21-8-4-10-29(21)24(26)31/h3,5-6,11,17-18,20-22H,1-2,4,7-10,12-15H2,(H2,26,31)/t17-,18+,20+,21+,22+/m1/s1. The largest absolute Gasteiger partial charge is 0.351 e. The Morgan fingerprint density at radius 2 is 1.90 bits per heavy atom. The highest BCUT2D eigenvalue weighted by molar-refractivity contribution is 5.87. The zero-order chi connectivity index (χ0) is 21.5. The van der Waals surface area contributed by atoms with E-state index >= 15 is 0 Å². The Hall–Kier alpha value is -2.15. The van der Waals surface area contributed by atoms with Gasteiger partial charge in [-0.25, -0.2) is 9.18 Å². The lowest BCUT2D eigenvalue weighted by atomic mass is 9.71. The van der Waals surface area contributed by atoms with Crippen LogP contribution in [0.25, 0.3) is 0 Å². The summed E-state index contributed by atoms with van der Waals surface area (Å²) in [4.78, 5) is 31.5. The molecule has 0 unspecified atom stereocenters. The number of piperidine rings is 3. The first-order valence-electron chi connectivity index (χ1n) is 11.9. The number of fused-ring (bicyclic) bond motifs is 4. The van der Waals surface area contributed by atoms with Crippen molar-refractivity contribution < 1.29 is 14.0 Å². The van der Waals surface area contributed by atoms with Crippen LogP contribution >= 0.6 is 0 Å². The maximum Gasteiger partial charge on any atom is 0.315 e. The summed E-state index contributed by atoms with van der Waals surface area (Å²) < 4.78 is 13.8. The lowest BCUT2D eigenvalue weighted by molar-refractivity contribution is -0.144. The van der Waals surface area contributed by atoms with E-state index in [2.05, 4.69) is 4.90 Å². The molecule has 168 valence electrons. The lowest BCUT2D eigenvalue weighted by Crippen LogP contribution is -2.65. The molecule has 6 nitrogen and oxygen atoms in total. The van der Waals surface area contributed by atoms with E-state index in [0.717, 1.165) is 44.5 Å². The average Bonchev–Trinajstić information content (AvgIpc) is 3.26. The van der Waals surface area contributed by atoms with Gasteiger partial charge in [-0.15, -0.1) is 0 Å². The second-order valence-electron chi connectivity index (χ2n) is 9.89. The van der Waals surface area contributed by atoms with Crippen LogP contribution in [-0.4, -0.2) is 70.9 Å². The Balaban J connectivity index is 1.38. The second-order valence-corrected chi connectivity index (χ2v) is 9.89. The van der Waals surface area contributed by atoms with Gasteiger partial charge in [-0.05, 0) is 74.6 Å². The predicted octanol–water partition coefficient (Wildman–Crippen LogP) is 2.61. The molecule has 4 fully saturated rings. The van der Waals surface area contributed by atoms with Gasteiger partial charge in [-0.3, -0.25) is 9.69 Å². The quantitative estimate of drug-likeness (QED) is 0.805. The zero-order valence-electron chi connectivity index (χ0n) is 18.1. The summed E-state index contributed by atoms with van der Waals surface area (Å²) in [7, 11) is 0. The minimum absolute atomic E-state index is 0.0692. The summed E-state index contributed by atoms with van der Waals surface area (Å²) in [6, 6.07) is 6.89. The van der Waals surface area contributed by atoms with E-state index < -0.39 is 12.1 Å². The summed E-state index contributed by atoms with van der Waals surface area (Å²) in [5, 5.41) is 0. The summed E-state index contributed by atoms with van der Waals surface area (Å²) in [6.45, 7) is 3.18. The average molecular weight is 429 g/mol. The third-order valence-corrected chi connectivity index (χ3v) is 8.09. The highest BCUT2D eigenvalue weighted by Gasteiger charge is 2.49. The van der Waals surface area contributed by atoms with E-state index in [4.69, 9.17) is 5.73 Å². The summed E-state index contributed by atoms with van der Waals surface area (Å²) in [5.74, 6) is 0.744. The van der Waals surface area contributed by atoms with E-state index in [1.807, 2.05) is 11.0 Å². The summed E-state index contributed by atoms with van der Waals surface area (Å²) >= 11 is 0. The van der Waals surface area contributed by atoms with E-state index in [1.165, 1.54) is 25.3 Å². The number of nitrogens with zero attached hydrogens (tertiary/aromatic N) is 3. The van der Waals surface area contributed by atoms with Gasteiger partial charge in [0.15, 0.2) is 0 Å². The molecule has 4 saturated heterocycles. The van der Waals surface area contributed by atoms with Crippen LogP contribution in [0.1, 0.15) is 44.1 Å². The SMILES string of the molecule is NC(=O)N1CCC[C@H]1C(=O)N1C[C@H]2C[C@@H](C1)[C@H](Cc1cccc(F)c1)N1CCCC[C@@H]21.